The van der Waals surface area contributed by atoms with Crippen LogP contribution < -0.4 is 5.32 Å². The minimum Gasteiger partial charge on any atom is -0.382 e. The summed E-state index contributed by atoms with van der Waals surface area (Å²) in [5.41, 5.74) is 2.54. The second-order valence-corrected chi connectivity index (χ2v) is 5.64. The van der Waals surface area contributed by atoms with Gasteiger partial charge < -0.3 is 10.1 Å². The van der Waals surface area contributed by atoms with Gasteiger partial charge in [-0.3, -0.25) is 0 Å². The molecule has 2 atom stereocenters. The summed E-state index contributed by atoms with van der Waals surface area (Å²) in [5.74, 6) is 0. The van der Waals surface area contributed by atoms with E-state index in [1.54, 1.807) is 0 Å². The lowest BCUT2D eigenvalue weighted by Crippen LogP contribution is -2.33. The molecule has 1 saturated heterocycles. The van der Waals surface area contributed by atoms with Crippen molar-refractivity contribution >= 4 is 21.6 Å². The van der Waals surface area contributed by atoms with Gasteiger partial charge in [0.05, 0.1) is 6.10 Å². The van der Waals surface area contributed by atoms with Crippen molar-refractivity contribution in [2.24, 2.45) is 0 Å². The molecule has 1 aliphatic rings. The maximum Gasteiger partial charge on any atom is 0.0592 e. The van der Waals surface area contributed by atoms with E-state index in [9.17, 15) is 0 Å². The third kappa shape index (κ3) is 3.46. The predicted octanol–water partition coefficient (Wildman–Crippen LogP) is 4.13. The summed E-state index contributed by atoms with van der Waals surface area (Å²) in [6.45, 7) is 5.21. The van der Waals surface area contributed by atoms with E-state index in [1.165, 1.54) is 11.3 Å². The van der Waals surface area contributed by atoms with Crippen LogP contribution in [0.15, 0.2) is 22.7 Å². The zero-order valence-electron chi connectivity index (χ0n) is 10.5. The minimum atomic E-state index is 0.425. The highest BCUT2D eigenvalue weighted by Crippen LogP contribution is 2.25. The van der Waals surface area contributed by atoms with Crippen LogP contribution in [-0.2, 0) is 4.74 Å². The number of ether oxygens (including phenoxy) is 1. The van der Waals surface area contributed by atoms with Crippen LogP contribution in [0.1, 0.15) is 31.7 Å². The predicted molar refractivity (Wildman–Crippen MR) is 75.6 cm³/mol. The summed E-state index contributed by atoms with van der Waals surface area (Å²) in [6.07, 6.45) is 3.74. The van der Waals surface area contributed by atoms with Crippen LogP contribution in [0.5, 0.6) is 0 Å². The van der Waals surface area contributed by atoms with E-state index in [4.69, 9.17) is 4.74 Å². The number of nitrogens with one attached hydrogen (secondary N) is 1. The number of aryl methyl sites for hydroxylation is 1. The molecule has 2 nitrogen and oxygen atoms in total. The summed E-state index contributed by atoms with van der Waals surface area (Å²) in [5, 5.41) is 3.64. The van der Waals surface area contributed by atoms with Gasteiger partial charge >= 0.3 is 0 Å². The Morgan fingerprint density at radius 2 is 2.29 bits per heavy atom. The quantitative estimate of drug-likeness (QED) is 0.906. The minimum absolute atomic E-state index is 0.425. The van der Waals surface area contributed by atoms with Gasteiger partial charge in [-0.05, 0) is 43.9 Å². The van der Waals surface area contributed by atoms with Crippen molar-refractivity contribution in [2.45, 2.75) is 45.3 Å². The van der Waals surface area contributed by atoms with Gasteiger partial charge in [-0.25, -0.2) is 0 Å². The number of hydrogen-bond acceptors (Lipinski definition) is 2. The molecule has 1 heterocycles. The number of rotatable bonds is 3. The maximum atomic E-state index is 5.70. The van der Waals surface area contributed by atoms with Crippen molar-refractivity contribution < 1.29 is 4.74 Å². The Morgan fingerprint density at radius 1 is 1.47 bits per heavy atom. The van der Waals surface area contributed by atoms with Crippen LogP contribution >= 0.6 is 15.9 Å². The Balaban J connectivity index is 2.02. The highest BCUT2D eigenvalue weighted by atomic mass is 79.9. The Bertz CT molecular complexity index is 380. The first-order valence-electron chi connectivity index (χ1n) is 6.33. The number of hydrogen-bond donors (Lipinski definition) is 1. The van der Waals surface area contributed by atoms with Gasteiger partial charge in [0.25, 0.3) is 0 Å². The van der Waals surface area contributed by atoms with Gasteiger partial charge in [-0.15, -0.1) is 0 Å². The van der Waals surface area contributed by atoms with Gasteiger partial charge in [-0.1, -0.05) is 28.9 Å². The molecule has 17 heavy (non-hydrogen) atoms. The molecule has 1 fully saturated rings. The summed E-state index contributed by atoms with van der Waals surface area (Å²) in [4.78, 5) is 0. The zero-order chi connectivity index (χ0) is 12.3. The fourth-order valence-electron chi connectivity index (χ4n) is 2.27. The Kier molecular flexibility index (Phi) is 4.46. The molecule has 0 aliphatic carbocycles. The lowest BCUT2D eigenvalue weighted by atomic mass is 10.0. The molecule has 1 N–H and O–H groups in total. The normalized spacial score (nSPS) is 24.6. The molecule has 0 aromatic heterocycles. The Morgan fingerprint density at radius 3 is 3.06 bits per heavy atom. The molecule has 0 amide bonds. The van der Waals surface area contributed by atoms with Crippen molar-refractivity contribution in [3.05, 3.63) is 28.2 Å². The monoisotopic (exact) mass is 297 g/mol. The number of benzene rings is 1. The van der Waals surface area contributed by atoms with Crippen LogP contribution in [0, 0.1) is 6.92 Å². The van der Waals surface area contributed by atoms with Crippen molar-refractivity contribution in [3.63, 3.8) is 0 Å². The fourth-order valence-corrected chi connectivity index (χ4v) is 2.63. The average Bonchev–Trinajstić information content (AvgIpc) is 2.34. The first-order valence-corrected chi connectivity index (χ1v) is 7.12. The molecule has 0 radical (unpaired) electrons. The second-order valence-electron chi connectivity index (χ2n) is 4.73. The SMILES string of the molecule is CCC1CC(Nc2cc(Br)ccc2C)CCO1. The van der Waals surface area contributed by atoms with E-state index in [0.717, 1.165) is 30.3 Å². The van der Waals surface area contributed by atoms with E-state index >= 15 is 0 Å². The molecule has 1 aromatic rings. The van der Waals surface area contributed by atoms with Crippen LogP contribution in [0.4, 0.5) is 5.69 Å². The molecule has 94 valence electrons. The van der Waals surface area contributed by atoms with Crippen molar-refractivity contribution in [1.82, 2.24) is 0 Å². The Labute approximate surface area is 112 Å². The van der Waals surface area contributed by atoms with Crippen LogP contribution in [0.2, 0.25) is 0 Å². The first-order chi connectivity index (χ1) is 8.19. The smallest absolute Gasteiger partial charge is 0.0592 e. The van der Waals surface area contributed by atoms with Gasteiger partial charge in [0.15, 0.2) is 0 Å². The average molecular weight is 298 g/mol. The summed E-state index contributed by atoms with van der Waals surface area (Å²) >= 11 is 3.52. The highest BCUT2D eigenvalue weighted by molar-refractivity contribution is 9.10. The summed E-state index contributed by atoms with van der Waals surface area (Å²) in [7, 11) is 0. The summed E-state index contributed by atoms with van der Waals surface area (Å²) in [6, 6.07) is 6.93. The molecule has 2 rings (SSSR count). The van der Waals surface area contributed by atoms with Gasteiger partial charge in [0.2, 0.25) is 0 Å². The second kappa shape index (κ2) is 5.87. The maximum absolute atomic E-state index is 5.70. The first kappa shape index (κ1) is 12.9. The topological polar surface area (TPSA) is 21.3 Å². The number of halogens is 1. The lowest BCUT2D eigenvalue weighted by molar-refractivity contribution is 0.00925. The lowest BCUT2D eigenvalue weighted by Gasteiger charge is -2.30. The van der Waals surface area contributed by atoms with Crippen molar-refractivity contribution in [3.8, 4) is 0 Å². The Hall–Kier alpha value is -0.540. The van der Waals surface area contributed by atoms with Crippen molar-refractivity contribution in [1.29, 1.82) is 0 Å². The largest absolute Gasteiger partial charge is 0.382 e. The van der Waals surface area contributed by atoms with E-state index < -0.39 is 0 Å². The fraction of sp³-hybridized carbons (Fsp3) is 0.571. The van der Waals surface area contributed by atoms with E-state index in [2.05, 4.69) is 53.3 Å². The highest BCUT2D eigenvalue weighted by Gasteiger charge is 2.21. The standard InChI is InChI=1S/C14H20BrNO/c1-3-13-9-12(6-7-17-13)16-14-8-11(15)5-4-10(14)2/h4-5,8,12-13,16H,3,6-7,9H2,1-2H3. The molecular formula is C14H20BrNO. The third-order valence-corrected chi connectivity index (χ3v) is 3.88. The van der Waals surface area contributed by atoms with Crippen LogP contribution in [-0.4, -0.2) is 18.8 Å². The van der Waals surface area contributed by atoms with Crippen molar-refractivity contribution in [2.75, 3.05) is 11.9 Å². The molecule has 0 spiro atoms. The molecule has 1 aromatic carbocycles. The molecule has 0 saturated carbocycles. The van der Waals surface area contributed by atoms with Gasteiger partial charge in [0.1, 0.15) is 0 Å². The molecule has 3 heteroatoms. The molecule has 0 bridgehead atoms. The number of anilines is 1. The zero-order valence-corrected chi connectivity index (χ0v) is 12.1. The molecule has 2 unspecified atom stereocenters. The van der Waals surface area contributed by atoms with Crippen LogP contribution in [0.25, 0.3) is 0 Å². The molecular weight excluding hydrogens is 278 g/mol. The van der Waals surface area contributed by atoms with Gasteiger partial charge in [-0.2, -0.15) is 0 Å². The van der Waals surface area contributed by atoms with E-state index in [1.807, 2.05) is 0 Å². The molecule has 1 aliphatic heterocycles. The van der Waals surface area contributed by atoms with E-state index in [-0.39, 0.29) is 0 Å². The van der Waals surface area contributed by atoms with Crippen LogP contribution in [0.3, 0.4) is 0 Å². The van der Waals surface area contributed by atoms with Gasteiger partial charge in [0, 0.05) is 22.8 Å². The summed E-state index contributed by atoms with van der Waals surface area (Å²) < 4.78 is 6.83. The third-order valence-electron chi connectivity index (χ3n) is 3.38. The van der Waals surface area contributed by atoms with E-state index in [0.29, 0.717) is 12.1 Å².